The fourth-order valence-corrected chi connectivity index (χ4v) is 2.78. The van der Waals surface area contributed by atoms with Gasteiger partial charge in [-0.1, -0.05) is 23.3 Å². The van der Waals surface area contributed by atoms with Gasteiger partial charge < -0.3 is 14.6 Å². The Morgan fingerprint density at radius 3 is 2.71 bits per heavy atom. The van der Waals surface area contributed by atoms with Crippen LogP contribution in [0.1, 0.15) is 24.4 Å². The molecule has 0 atom stereocenters. The normalized spacial score (nSPS) is 14.1. The lowest BCUT2D eigenvalue weighted by atomic mass is 10.3. The number of hydrogen-bond donors (Lipinski definition) is 1. The molecule has 0 saturated carbocycles. The average Bonchev–Trinajstić information content (AvgIpc) is 3.28. The van der Waals surface area contributed by atoms with E-state index in [1.807, 2.05) is 36.4 Å². The molecular weight excluding hydrogens is 304 g/mol. The number of rotatable bonds is 5. The summed E-state index contributed by atoms with van der Waals surface area (Å²) >= 11 is 0. The molecule has 0 aliphatic carbocycles. The van der Waals surface area contributed by atoms with E-state index in [4.69, 9.17) is 4.42 Å². The van der Waals surface area contributed by atoms with Crippen LogP contribution in [-0.2, 0) is 6.42 Å². The second-order valence-corrected chi connectivity index (χ2v) is 5.73. The molecule has 1 aliphatic rings. The SMILES string of the molecule is c1ccc(Nc2nnc(Cc3cc(N4CCCC4)ncn3)o2)cc1. The Bertz CT molecular complexity index is 798. The quantitative estimate of drug-likeness (QED) is 0.773. The molecule has 0 bridgehead atoms. The monoisotopic (exact) mass is 322 g/mol. The molecule has 0 spiro atoms. The van der Waals surface area contributed by atoms with E-state index in [2.05, 4.69) is 30.4 Å². The van der Waals surface area contributed by atoms with E-state index < -0.39 is 0 Å². The summed E-state index contributed by atoms with van der Waals surface area (Å²) < 4.78 is 5.65. The van der Waals surface area contributed by atoms with E-state index in [0.29, 0.717) is 18.3 Å². The lowest BCUT2D eigenvalue weighted by Gasteiger charge is -2.16. The molecule has 0 amide bonds. The highest BCUT2D eigenvalue weighted by molar-refractivity contribution is 5.51. The zero-order chi connectivity index (χ0) is 16.2. The first kappa shape index (κ1) is 14.6. The molecule has 0 radical (unpaired) electrons. The van der Waals surface area contributed by atoms with Gasteiger partial charge in [0.15, 0.2) is 0 Å². The maximum absolute atomic E-state index is 5.65. The van der Waals surface area contributed by atoms with Gasteiger partial charge in [0, 0.05) is 24.8 Å². The van der Waals surface area contributed by atoms with Crippen molar-refractivity contribution in [2.75, 3.05) is 23.3 Å². The van der Waals surface area contributed by atoms with Crippen molar-refractivity contribution in [2.24, 2.45) is 0 Å². The molecule has 1 aliphatic heterocycles. The molecule has 122 valence electrons. The van der Waals surface area contributed by atoms with Crippen LogP contribution in [0, 0.1) is 0 Å². The highest BCUT2D eigenvalue weighted by Gasteiger charge is 2.15. The predicted octanol–water partition coefficient (Wildman–Crippen LogP) is 2.79. The number of anilines is 3. The van der Waals surface area contributed by atoms with Gasteiger partial charge in [-0.25, -0.2) is 9.97 Å². The summed E-state index contributed by atoms with van der Waals surface area (Å²) in [6.07, 6.45) is 4.53. The van der Waals surface area contributed by atoms with Crippen LogP contribution in [0.5, 0.6) is 0 Å². The van der Waals surface area contributed by atoms with Crippen LogP contribution >= 0.6 is 0 Å². The molecule has 7 nitrogen and oxygen atoms in total. The smallest absolute Gasteiger partial charge is 0.320 e. The topological polar surface area (TPSA) is 80.0 Å². The van der Waals surface area contributed by atoms with Crippen molar-refractivity contribution >= 4 is 17.5 Å². The molecule has 1 saturated heterocycles. The van der Waals surface area contributed by atoms with Gasteiger partial charge in [-0.05, 0) is 25.0 Å². The second kappa shape index (κ2) is 6.66. The first-order valence-corrected chi connectivity index (χ1v) is 8.07. The predicted molar refractivity (Wildman–Crippen MR) is 90.3 cm³/mol. The van der Waals surface area contributed by atoms with Crippen molar-refractivity contribution in [1.82, 2.24) is 20.2 Å². The summed E-state index contributed by atoms with van der Waals surface area (Å²) in [5, 5.41) is 11.2. The van der Waals surface area contributed by atoms with Crippen molar-refractivity contribution in [2.45, 2.75) is 19.3 Å². The lowest BCUT2D eigenvalue weighted by Crippen LogP contribution is -2.19. The Hall–Kier alpha value is -2.96. The van der Waals surface area contributed by atoms with E-state index in [1.165, 1.54) is 12.8 Å². The molecule has 3 heterocycles. The van der Waals surface area contributed by atoms with Crippen LogP contribution in [0.3, 0.4) is 0 Å². The third-order valence-corrected chi connectivity index (χ3v) is 3.96. The Morgan fingerprint density at radius 2 is 1.88 bits per heavy atom. The van der Waals surface area contributed by atoms with E-state index >= 15 is 0 Å². The van der Waals surface area contributed by atoms with Crippen molar-refractivity contribution in [3.05, 3.63) is 54.3 Å². The summed E-state index contributed by atoms with van der Waals surface area (Å²) in [6, 6.07) is 12.1. The number of benzene rings is 1. The maximum Gasteiger partial charge on any atom is 0.320 e. The van der Waals surface area contributed by atoms with Gasteiger partial charge in [0.05, 0.1) is 12.1 Å². The molecular formula is C17H18N6O. The Kier molecular flexibility index (Phi) is 4.05. The van der Waals surface area contributed by atoms with Crippen molar-refractivity contribution < 1.29 is 4.42 Å². The maximum atomic E-state index is 5.65. The molecule has 1 fully saturated rings. The fourth-order valence-electron chi connectivity index (χ4n) is 2.78. The van der Waals surface area contributed by atoms with Gasteiger partial charge >= 0.3 is 6.01 Å². The van der Waals surface area contributed by atoms with Crippen LogP contribution in [0.2, 0.25) is 0 Å². The first-order chi connectivity index (χ1) is 11.9. The van der Waals surface area contributed by atoms with Crippen LogP contribution in [0.15, 0.2) is 47.1 Å². The number of aromatic nitrogens is 4. The summed E-state index contributed by atoms with van der Waals surface area (Å²) in [7, 11) is 0. The molecule has 4 rings (SSSR count). The first-order valence-electron chi connectivity index (χ1n) is 8.07. The summed E-state index contributed by atoms with van der Waals surface area (Å²) in [4.78, 5) is 11.0. The van der Waals surface area contributed by atoms with Gasteiger partial charge in [0.2, 0.25) is 5.89 Å². The second-order valence-electron chi connectivity index (χ2n) is 5.73. The van der Waals surface area contributed by atoms with Gasteiger partial charge in [-0.2, -0.15) is 0 Å². The fraction of sp³-hybridized carbons (Fsp3) is 0.294. The van der Waals surface area contributed by atoms with Gasteiger partial charge in [0.25, 0.3) is 0 Å². The van der Waals surface area contributed by atoms with Crippen LogP contribution in [0.4, 0.5) is 17.5 Å². The number of nitrogens with one attached hydrogen (secondary N) is 1. The van der Waals surface area contributed by atoms with Crippen molar-refractivity contribution in [3.63, 3.8) is 0 Å². The minimum Gasteiger partial charge on any atom is -0.407 e. The standard InChI is InChI=1S/C17H18N6O/c1-2-6-13(7-3-1)20-17-22-21-16(24-17)11-14-10-15(19-12-18-14)23-8-4-5-9-23/h1-3,6-7,10,12H,4-5,8-9,11H2,(H,20,22). The van der Waals surface area contributed by atoms with Crippen LogP contribution in [-0.4, -0.2) is 33.3 Å². The van der Waals surface area contributed by atoms with E-state index in [1.54, 1.807) is 6.33 Å². The highest BCUT2D eigenvalue weighted by Crippen LogP contribution is 2.19. The molecule has 7 heteroatoms. The van der Waals surface area contributed by atoms with E-state index in [0.717, 1.165) is 30.3 Å². The van der Waals surface area contributed by atoms with Crippen LogP contribution < -0.4 is 10.2 Å². The molecule has 3 aromatic rings. The minimum atomic E-state index is 0.380. The van der Waals surface area contributed by atoms with Crippen molar-refractivity contribution in [1.29, 1.82) is 0 Å². The van der Waals surface area contributed by atoms with E-state index in [-0.39, 0.29) is 0 Å². The minimum absolute atomic E-state index is 0.380. The van der Waals surface area contributed by atoms with Gasteiger partial charge in [-0.15, -0.1) is 5.10 Å². The number of hydrogen-bond acceptors (Lipinski definition) is 7. The van der Waals surface area contributed by atoms with Gasteiger partial charge in [-0.3, -0.25) is 0 Å². The van der Waals surface area contributed by atoms with E-state index in [9.17, 15) is 0 Å². The molecule has 24 heavy (non-hydrogen) atoms. The lowest BCUT2D eigenvalue weighted by molar-refractivity contribution is 0.519. The Morgan fingerprint density at radius 1 is 1.04 bits per heavy atom. The number of para-hydroxylation sites is 1. The number of nitrogens with zero attached hydrogens (tertiary/aromatic N) is 5. The zero-order valence-corrected chi connectivity index (χ0v) is 13.2. The third kappa shape index (κ3) is 3.34. The third-order valence-electron chi connectivity index (χ3n) is 3.96. The summed E-state index contributed by atoms with van der Waals surface area (Å²) in [5.41, 5.74) is 1.79. The van der Waals surface area contributed by atoms with Gasteiger partial charge in [0.1, 0.15) is 12.1 Å². The highest BCUT2D eigenvalue weighted by atomic mass is 16.4. The molecule has 2 aromatic heterocycles. The molecule has 0 unspecified atom stereocenters. The zero-order valence-electron chi connectivity index (χ0n) is 13.2. The average molecular weight is 322 g/mol. The summed E-state index contributed by atoms with van der Waals surface area (Å²) in [5.74, 6) is 1.50. The van der Waals surface area contributed by atoms with Crippen LogP contribution in [0.25, 0.3) is 0 Å². The Labute approximate surface area is 139 Å². The summed E-state index contributed by atoms with van der Waals surface area (Å²) in [6.45, 7) is 2.12. The Balaban J connectivity index is 1.45. The van der Waals surface area contributed by atoms with Crippen molar-refractivity contribution in [3.8, 4) is 0 Å². The molecule has 1 aromatic carbocycles. The molecule has 1 N–H and O–H groups in total. The largest absolute Gasteiger partial charge is 0.407 e.